The lowest BCUT2D eigenvalue weighted by atomic mass is 9.88. The van der Waals surface area contributed by atoms with Gasteiger partial charge in [0, 0.05) is 12.1 Å². The molecule has 0 unspecified atom stereocenters. The van der Waals surface area contributed by atoms with E-state index in [1.807, 2.05) is 0 Å². The topological polar surface area (TPSA) is 86.8 Å². The van der Waals surface area contributed by atoms with Gasteiger partial charge in [-0.2, -0.15) is 0 Å². The molecule has 100 valence electrons. The summed E-state index contributed by atoms with van der Waals surface area (Å²) in [6, 6.07) is 5.20. The van der Waals surface area contributed by atoms with Crippen LogP contribution >= 0.6 is 0 Å². The number of likely N-dealkylation sites (N-methyl/N-ethyl adjacent to an activating group) is 1. The Morgan fingerprint density at radius 1 is 1.39 bits per heavy atom. The van der Waals surface area contributed by atoms with E-state index in [-0.39, 0.29) is 12.3 Å². The Labute approximate surface area is 106 Å². The number of nitro groups is 1. The summed E-state index contributed by atoms with van der Waals surface area (Å²) in [5, 5.41) is 30.4. The molecule has 0 aromatic heterocycles. The van der Waals surface area contributed by atoms with Gasteiger partial charge in [0.15, 0.2) is 0 Å². The van der Waals surface area contributed by atoms with Gasteiger partial charge in [-0.25, -0.2) is 0 Å². The first kappa shape index (κ1) is 14.6. The number of non-ortho nitro benzene ring substituents is 1. The summed E-state index contributed by atoms with van der Waals surface area (Å²) in [7, 11) is 3.50. The number of nitrogens with zero attached hydrogens (tertiary/aromatic N) is 2. The molecule has 1 aromatic rings. The van der Waals surface area contributed by atoms with Gasteiger partial charge < -0.3 is 15.1 Å². The summed E-state index contributed by atoms with van der Waals surface area (Å²) in [4.78, 5) is 11.8. The minimum atomic E-state index is -1.28. The maximum absolute atomic E-state index is 10.6. The number of rotatable bonds is 5. The fraction of sp³-hybridized carbons (Fsp3) is 0.500. The molecule has 0 bridgehead atoms. The molecule has 6 heteroatoms. The van der Waals surface area contributed by atoms with E-state index in [0.29, 0.717) is 5.56 Å². The Hall–Kier alpha value is -1.50. The third kappa shape index (κ3) is 2.84. The Balaban J connectivity index is 3.07. The number of nitro benzene ring substituents is 1. The van der Waals surface area contributed by atoms with Gasteiger partial charge in [0.25, 0.3) is 5.69 Å². The van der Waals surface area contributed by atoms with Crippen molar-refractivity contribution in [2.75, 3.05) is 20.7 Å². The van der Waals surface area contributed by atoms with Crippen LogP contribution < -0.4 is 0 Å². The normalized spacial score (nSPS) is 16.3. The van der Waals surface area contributed by atoms with Gasteiger partial charge in [-0.15, -0.1) is 0 Å². The average Bonchev–Trinajstić information content (AvgIpc) is 2.29. The number of aliphatic hydroxyl groups is 2. The highest BCUT2D eigenvalue weighted by Gasteiger charge is 2.35. The van der Waals surface area contributed by atoms with Crippen molar-refractivity contribution >= 4 is 5.69 Å². The van der Waals surface area contributed by atoms with Crippen LogP contribution in [0.5, 0.6) is 0 Å². The zero-order chi connectivity index (χ0) is 13.9. The summed E-state index contributed by atoms with van der Waals surface area (Å²) in [5.74, 6) is 0. The van der Waals surface area contributed by atoms with Gasteiger partial charge in [0.1, 0.15) is 5.60 Å². The monoisotopic (exact) mass is 254 g/mol. The van der Waals surface area contributed by atoms with Crippen molar-refractivity contribution in [3.63, 3.8) is 0 Å². The molecule has 2 N–H and O–H groups in total. The van der Waals surface area contributed by atoms with Crippen molar-refractivity contribution in [2.45, 2.75) is 18.6 Å². The third-order valence-electron chi connectivity index (χ3n) is 3.11. The molecule has 0 aliphatic carbocycles. The molecule has 0 heterocycles. The van der Waals surface area contributed by atoms with Gasteiger partial charge in [-0.05, 0) is 38.7 Å². The second kappa shape index (κ2) is 5.43. The average molecular weight is 254 g/mol. The van der Waals surface area contributed by atoms with Crippen LogP contribution in [-0.4, -0.2) is 46.8 Å². The minimum Gasteiger partial charge on any atom is -0.395 e. The number of aliphatic hydroxyl groups excluding tert-OH is 1. The lowest BCUT2D eigenvalue weighted by Crippen LogP contribution is -2.48. The Kier molecular flexibility index (Phi) is 4.39. The van der Waals surface area contributed by atoms with Gasteiger partial charge >= 0.3 is 0 Å². The van der Waals surface area contributed by atoms with E-state index in [2.05, 4.69) is 0 Å². The fourth-order valence-corrected chi connectivity index (χ4v) is 1.96. The Bertz CT molecular complexity index is 415. The van der Waals surface area contributed by atoms with Gasteiger partial charge in [-0.3, -0.25) is 10.1 Å². The largest absolute Gasteiger partial charge is 0.395 e. The highest BCUT2D eigenvalue weighted by molar-refractivity contribution is 5.35. The second-order valence-electron chi connectivity index (χ2n) is 4.61. The molecule has 18 heavy (non-hydrogen) atoms. The predicted molar refractivity (Wildman–Crippen MR) is 67.2 cm³/mol. The van der Waals surface area contributed by atoms with Crippen LogP contribution in [0.3, 0.4) is 0 Å². The molecule has 0 spiro atoms. The molecular weight excluding hydrogens is 236 g/mol. The van der Waals surface area contributed by atoms with Crippen molar-refractivity contribution in [2.24, 2.45) is 0 Å². The first-order chi connectivity index (χ1) is 8.30. The maximum Gasteiger partial charge on any atom is 0.269 e. The second-order valence-corrected chi connectivity index (χ2v) is 4.61. The Morgan fingerprint density at radius 3 is 2.22 bits per heavy atom. The summed E-state index contributed by atoms with van der Waals surface area (Å²) in [6.45, 7) is 1.37. The van der Waals surface area contributed by atoms with Crippen molar-refractivity contribution in [1.29, 1.82) is 0 Å². The highest BCUT2D eigenvalue weighted by atomic mass is 16.6. The molecule has 0 aliphatic heterocycles. The molecule has 0 saturated carbocycles. The summed E-state index contributed by atoms with van der Waals surface area (Å²) in [6.07, 6.45) is 0. The van der Waals surface area contributed by atoms with E-state index in [1.54, 1.807) is 25.9 Å². The molecule has 0 aliphatic rings. The van der Waals surface area contributed by atoms with E-state index in [9.17, 15) is 20.3 Å². The van der Waals surface area contributed by atoms with Crippen molar-refractivity contribution < 1.29 is 15.1 Å². The van der Waals surface area contributed by atoms with Crippen LogP contribution in [0.15, 0.2) is 24.3 Å². The summed E-state index contributed by atoms with van der Waals surface area (Å²) in [5.41, 5.74) is -0.784. The van der Waals surface area contributed by atoms with Crippen LogP contribution in [0, 0.1) is 10.1 Å². The van der Waals surface area contributed by atoms with Gasteiger partial charge in [-0.1, -0.05) is 0 Å². The minimum absolute atomic E-state index is 0.0278. The van der Waals surface area contributed by atoms with Crippen molar-refractivity contribution in [3.8, 4) is 0 Å². The van der Waals surface area contributed by atoms with Crippen LogP contribution in [-0.2, 0) is 5.60 Å². The van der Waals surface area contributed by atoms with Crippen LogP contribution in [0.1, 0.15) is 12.5 Å². The lowest BCUT2D eigenvalue weighted by Gasteiger charge is -2.36. The summed E-state index contributed by atoms with van der Waals surface area (Å²) < 4.78 is 0. The smallest absolute Gasteiger partial charge is 0.269 e. The SMILES string of the molecule is CN(C)[C@H](CO)[C@](C)(O)c1ccc([N+](=O)[O-])cc1. The highest BCUT2D eigenvalue weighted by Crippen LogP contribution is 2.28. The molecule has 0 fully saturated rings. The van der Waals surface area contributed by atoms with Gasteiger partial charge in [0.05, 0.1) is 17.6 Å². The molecule has 0 amide bonds. The zero-order valence-corrected chi connectivity index (χ0v) is 10.7. The molecule has 0 saturated heterocycles. The third-order valence-corrected chi connectivity index (χ3v) is 3.11. The van der Waals surface area contributed by atoms with E-state index >= 15 is 0 Å². The molecule has 1 aromatic carbocycles. The van der Waals surface area contributed by atoms with E-state index in [1.165, 1.54) is 24.3 Å². The standard InChI is InChI=1S/C12H18N2O4/c1-12(16,11(8-15)13(2)3)9-4-6-10(7-5-9)14(17)18/h4-7,11,15-16H,8H2,1-3H3/t11-,12-/m1/s1. The Morgan fingerprint density at radius 2 is 1.89 bits per heavy atom. The van der Waals surface area contributed by atoms with Crippen molar-refractivity contribution in [3.05, 3.63) is 39.9 Å². The molecule has 2 atom stereocenters. The predicted octanol–water partition coefficient (Wildman–Crippen LogP) is 0.725. The van der Waals surface area contributed by atoms with E-state index < -0.39 is 16.6 Å². The quantitative estimate of drug-likeness (QED) is 0.597. The molecule has 0 radical (unpaired) electrons. The summed E-state index contributed by atoms with van der Waals surface area (Å²) >= 11 is 0. The first-order valence-electron chi connectivity index (χ1n) is 5.55. The molecular formula is C12H18N2O4. The van der Waals surface area contributed by atoms with E-state index in [4.69, 9.17) is 0 Å². The number of hydrogen-bond acceptors (Lipinski definition) is 5. The lowest BCUT2D eigenvalue weighted by molar-refractivity contribution is -0.384. The number of benzene rings is 1. The molecule has 6 nitrogen and oxygen atoms in total. The van der Waals surface area contributed by atoms with Gasteiger partial charge in [0.2, 0.25) is 0 Å². The number of hydrogen-bond donors (Lipinski definition) is 2. The zero-order valence-electron chi connectivity index (χ0n) is 10.7. The molecule has 1 rings (SSSR count). The fourth-order valence-electron chi connectivity index (χ4n) is 1.96. The maximum atomic E-state index is 10.6. The van der Waals surface area contributed by atoms with Crippen LogP contribution in [0.4, 0.5) is 5.69 Å². The van der Waals surface area contributed by atoms with Crippen LogP contribution in [0.2, 0.25) is 0 Å². The first-order valence-corrected chi connectivity index (χ1v) is 5.55. The van der Waals surface area contributed by atoms with Crippen LogP contribution in [0.25, 0.3) is 0 Å². The van der Waals surface area contributed by atoms with E-state index in [0.717, 1.165) is 0 Å². The van der Waals surface area contributed by atoms with Crippen molar-refractivity contribution in [1.82, 2.24) is 4.90 Å².